The van der Waals surface area contributed by atoms with Gasteiger partial charge in [0, 0.05) is 5.69 Å². The molecular formula is C9H8Cl2N2O. The average molecular weight is 231 g/mol. The molecule has 1 aromatic carbocycles. The lowest BCUT2D eigenvalue weighted by molar-refractivity contribution is -0.114. The van der Waals surface area contributed by atoms with E-state index in [0.717, 1.165) is 5.69 Å². The van der Waals surface area contributed by atoms with E-state index in [2.05, 4.69) is 5.32 Å². The third kappa shape index (κ3) is 2.94. The van der Waals surface area contributed by atoms with E-state index in [1.54, 1.807) is 12.1 Å². The van der Waals surface area contributed by atoms with Gasteiger partial charge in [-0.25, -0.2) is 0 Å². The zero-order chi connectivity index (χ0) is 10.6. The standard InChI is InChI=1S/C9H8Cl2N2O/c10-7(9(12)14)8(11)13-6-4-2-1-3-5-6/h1-5,13H,(H2,12,14)/b8-7+. The molecule has 0 bridgehead atoms. The summed E-state index contributed by atoms with van der Waals surface area (Å²) in [4.78, 5) is 10.6. The van der Waals surface area contributed by atoms with Gasteiger partial charge < -0.3 is 11.1 Å². The van der Waals surface area contributed by atoms with Crippen molar-refractivity contribution in [1.82, 2.24) is 0 Å². The van der Waals surface area contributed by atoms with Crippen molar-refractivity contribution in [2.75, 3.05) is 5.32 Å². The number of nitrogens with one attached hydrogen (secondary N) is 1. The second kappa shape index (κ2) is 4.88. The van der Waals surface area contributed by atoms with Gasteiger partial charge in [0.05, 0.1) is 0 Å². The number of rotatable bonds is 3. The largest absolute Gasteiger partial charge is 0.365 e. The molecule has 1 amide bonds. The lowest BCUT2D eigenvalue weighted by atomic mass is 10.3. The molecule has 0 radical (unpaired) electrons. The molecule has 3 nitrogen and oxygen atoms in total. The van der Waals surface area contributed by atoms with E-state index < -0.39 is 5.91 Å². The lowest BCUT2D eigenvalue weighted by Gasteiger charge is -2.04. The Labute approximate surface area is 91.5 Å². The molecule has 0 atom stereocenters. The molecule has 74 valence electrons. The van der Waals surface area contributed by atoms with Crippen LogP contribution in [-0.4, -0.2) is 5.91 Å². The number of hydrogen-bond donors (Lipinski definition) is 2. The van der Waals surface area contributed by atoms with Gasteiger partial charge in [-0.3, -0.25) is 4.79 Å². The molecule has 3 N–H and O–H groups in total. The second-order valence-corrected chi connectivity index (χ2v) is 3.24. The van der Waals surface area contributed by atoms with Crippen LogP contribution in [0.5, 0.6) is 0 Å². The summed E-state index contributed by atoms with van der Waals surface area (Å²) in [5.74, 6) is -0.764. The Balaban J connectivity index is 2.80. The molecule has 0 unspecified atom stereocenters. The van der Waals surface area contributed by atoms with Crippen molar-refractivity contribution in [1.29, 1.82) is 0 Å². The number of amides is 1. The number of para-hydroxylation sites is 1. The first-order valence-electron chi connectivity index (χ1n) is 3.78. The van der Waals surface area contributed by atoms with Gasteiger partial charge in [0.1, 0.15) is 10.2 Å². The predicted octanol–water partition coefficient (Wildman–Crippen LogP) is 2.23. The van der Waals surface area contributed by atoms with E-state index in [4.69, 9.17) is 28.9 Å². The van der Waals surface area contributed by atoms with Crippen LogP contribution < -0.4 is 11.1 Å². The molecule has 0 aliphatic heterocycles. The summed E-state index contributed by atoms with van der Waals surface area (Å²) in [6.07, 6.45) is 0. The number of halogens is 2. The summed E-state index contributed by atoms with van der Waals surface area (Å²) in [6, 6.07) is 9.08. The Bertz CT molecular complexity index is 362. The predicted molar refractivity (Wildman–Crippen MR) is 58.0 cm³/mol. The monoisotopic (exact) mass is 230 g/mol. The third-order valence-electron chi connectivity index (χ3n) is 1.44. The van der Waals surface area contributed by atoms with E-state index >= 15 is 0 Å². The summed E-state index contributed by atoms with van der Waals surface area (Å²) in [5.41, 5.74) is 5.67. The van der Waals surface area contributed by atoms with Gasteiger partial charge in [0.25, 0.3) is 5.91 Å². The highest BCUT2D eigenvalue weighted by molar-refractivity contribution is 6.48. The van der Waals surface area contributed by atoms with Crippen LogP contribution in [0.15, 0.2) is 40.5 Å². The smallest absolute Gasteiger partial charge is 0.263 e. The summed E-state index contributed by atoms with van der Waals surface area (Å²) in [7, 11) is 0. The Morgan fingerprint density at radius 1 is 1.21 bits per heavy atom. The zero-order valence-electron chi connectivity index (χ0n) is 7.13. The van der Waals surface area contributed by atoms with E-state index in [0.29, 0.717) is 0 Å². The number of anilines is 1. The second-order valence-electron chi connectivity index (χ2n) is 2.48. The van der Waals surface area contributed by atoms with Gasteiger partial charge in [-0.2, -0.15) is 0 Å². The van der Waals surface area contributed by atoms with Gasteiger partial charge in [0.15, 0.2) is 0 Å². The molecule has 1 aromatic rings. The van der Waals surface area contributed by atoms with Crippen LogP contribution in [0.25, 0.3) is 0 Å². The van der Waals surface area contributed by atoms with Gasteiger partial charge in [0.2, 0.25) is 0 Å². The minimum Gasteiger partial charge on any atom is -0.365 e. The van der Waals surface area contributed by atoms with E-state index in [1.165, 1.54) is 0 Å². The van der Waals surface area contributed by atoms with Gasteiger partial charge in [-0.15, -0.1) is 0 Å². The van der Waals surface area contributed by atoms with Crippen LogP contribution in [-0.2, 0) is 4.79 Å². The summed E-state index contributed by atoms with van der Waals surface area (Å²) >= 11 is 11.2. The van der Waals surface area contributed by atoms with Crippen LogP contribution in [0, 0.1) is 0 Å². The van der Waals surface area contributed by atoms with E-state index in [9.17, 15) is 4.79 Å². The van der Waals surface area contributed by atoms with Crippen LogP contribution in [0.4, 0.5) is 5.69 Å². The first-order valence-corrected chi connectivity index (χ1v) is 4.54. The molecule has 0 aliphatic carbocycles. The van der Waals surface area contributed by atoms with Crippen molar-refractivity contribution in [3.8, 4) is 0 Å². The van der Waals surface area contributed by atoms with E-state index in [-0.39, 0.29) is 10.2 Å². The Morgan fingerprint density at radius 2 is 1.79 bits per heavy atom. The minimum atomic E-state index is -0.764. The van der Waals surface area contributed by atoms with Gasteiger partial charge in [-0.05, 0) is 12.1 Å². The van der Waals surface area contributed by atoms with Gasteiger partial charge >= 0.3 is 0 Å². The number of hydrogen-bond acceptors (Lipinski definition) is 2. The van der Waals surface area contributed by atoms with Crippen molar-refractivity contribution in [2.45, 2.75) is 0 Å². The molecule has 5 heteroatoms. The van der Waals surface area contributed by atoms with E-state index in [1.807, 2.05) is 18.2 Å². The minimum absolute atomic E-state index is 0.0189. The molecule has 0 heterocycles. The third-order valence-corrected chi connectivity index (χ3v) is 2.19. The SMILES string of the molecule is NC(=O)/C(Cl)=C(/Cl)Nc1ccccc1. The van der Waals surface area contributed by atoms with Crippen molar-refractivity contribution in [3.63, 3.8) is 0 Å². The summed E-state index contributed by atoms with van der Waals surface area (Å²) < 4.78 is 0. The number of nitrogens with two attached hydrogens (primary N) is 1. The molecule has 0 saturated carbocycles. The van der Waals surface area contributed by atoms with Crippen molar-refractivity contribution < 1.29 is 4.79 Å². The molecular weight excluding hydrogens is 223 g/mol. The van der Waals surface area contributed by atoms with Crippen LogP contribution in [0.1, 0.15) is 0 Å². The molecule has 0 fully saturated rings. The zero-order valence-corrected chi connectivity index (χ0v) is 8.64. The highest BCUT2D eigenvalue weighted by Gasteiger charge is 2.07. The normalized spacial score (nSPS) is 11.9. The number of primary amides is 1. The topological polar surface area (TPSA) is 55.1 Å². The maximum absolute atomic E-state index is 10.6. The highest BCUT2D eigenvalue weighted by atomic mass is 35.5. The molecule has 14 heavy (non-hydrogen) atoms. The Hall–Kier alpha value is -1.19. The fourth-order valence-corrected chi connectivity index (χ4v) is 1.06. The van der Waals surface area contributed by atoms with Crippen molar-refractivity contribution in [3.05, 3.63) is 40.5 Å². The number of carbonyl (C=O) groups excluding carboxylic acids is 1. The first-order chi connectivity index (χ1) is 6.61. The molecule has 0 aliphatic rings. The summed E-state index contributed by atoms with van der Waals surface area (Å²) in [5, 5.41) is 2.54. The summed E-state index contributed by atoms with van der Waals surface area (Å²) in [6.45, 7) is 0. The quantitative estimate of drug-likeness (QED) is 0.619. The molecule has 0 spiro atoms. The maximum atomic E-state index is 10.6. The average Bonchev–Trinajstić information content (AvgIpc) is 2.18. The van der Waals surface area contributed by atoms with Gasteiger partial charge in [-0.1, -0.05) is 41.4 Å². The molecule has 0 aromatic heterocycles. The van der Waals surface area contributed by atoms with Crippen LogP contribution >= 0.6 is 23.2 Å². The van der Waals surface area contributed by atoms with Crippen LogP contribution in [0.3, 0.4) is 0 Å². The fourth-order valence-electron chi connectivity index (χ4n) is 0.811. The Morgan fingerprint density at radius 3 is 2.29 bits per heavy atom. The number of benzene rings is 1. The molecule has 1 rings (SSSR count). The Kier molecular flexibility index (Phi) is 3.80. The van der Waals surface area contributed by atoms with Crippen molar-refractivity contribution in [2.24, 2.45) is 5.73 Å². The maximum Gasteiger partial charge on any atom is 0.263 e. The highest BCUT2D eigenvalue weighted by Crippen LogP contribution is 2.17. The van der Waals surface area contributed by atoms with Crippen LogP contribution in [0.2, 0.25) is 0 Å². The van der Waals surface area contributed by atoms with Crippen molar-refractivity contribution >= 4 is 34.8 Å². The first kappa shape index (κ1) is 10.9. The molecule has 0 saturated heterocycles. The fraction of sp³-hybridized carbons (Fsp3) is 0. The lowest BCUT2D eigenvalue weighted by Crippen LogP contribution is -2.13. The number of carbonyl (C=O) groups is 1.